The Hall–Kier alpha value is -3.61. The Morgan fingerprint density at radius 1 is 0.658 bits per heavy atom. The highest BCUT2D eigenvalue weighted by atomic mass is 19.4. The van der Waals surface area contributed by atoms with Gasteiger partial charge < -0.3 is 16.2 Å². The molecular weight excluding hydrogens is 485 g/mol. The number of methoxy groups -OCH3 is 1. The second-order valence-corrected chi connectivity index (χ2v) is 9.56. The molecule has 0 amide bonds. The van der Waals surface area contributed by atoms with Crippen molar-refractivity contribution in [2.75, 3.05) is 7.11 Å². The summed E-state index contributed by atoms with van der Waals surface area (Å²) in [6, 6.07) is 31.8. The Bertz CT molecular complexity index is 1280. The third-order valence-electron chi connectivity index (χ3n) is 7.16. The van der Waals surface area contributed by atoms with Crippen molar-refractivity contribution in [3.05, 3.63) is 137 Å². The van der Waals surface area contributed by atoms with E-state index in [4.69, 9.17) is 16.2 Å². The lowest BCUT2D eigenvalue weighted by molar-refractivity contribution is -0.137. The van der Waals surface area contributed by atoms with Crippen LogP contribution in [0.1, 0.15) is 64.6 Å². The third kappa shape index (κ3) is 6.63. The molecule has 4 aromatic rings. The van der Waals surface area contributed by atoms with Gasteiger partial charge in [0.15, 0.2) is 0 Å². The SMILES string of the molecule is COc1ccc(C(CCC(N)c2ccccc2)C(c2cccc(C(F)(F)F)c2)C(N)c2ccccc2)cc1. The minimum atomic E-state index is -4.46. The maximum atomic E-state index is 13.7. The topological polar surface area (TPSA) is 61.3 Å². The number of benzene rings is 4. The van der Waals surface area contributed by atoms with Crippen molar-refractivity contribution < 1.29 is 17.9 Å². The van der Waals surface area contributed by atoms with Gasteiger partial charge >= 0.3 is 6.18 Å². The Kier molecular flexibility index (Phi) is 8.87. The van der Waals surface area contributed by atoms with Gasteiger partial charge in [-0.15, -0.1) is 0 Å². The summed E-state index contributed by atoms with van der Waals surface area (Å²) in [5.74, 6) is 0.0712. The Balaban J connectivity index is 1.79. The maximum Gasteiger partial charge on any atom is 0.416 e. The van der Waals surface area contributed by atoms with E-state index in [1.165, 1.54) is 12.1 Å². The molecule has 4 rings (SSSR count). The molecule has 0 fully saturated rings. The molecular formula is C32H33F3N2O. The summed E-state index contributed by atoms with van der Waals surface area (Å²) in [6.07, 6.45) is -3.19. The Morgan fingerprint density at radius 3 is 1.82 bits per heavy atom. The Labute approximate surface area is 222 Å². The fraction of sp³-hybridized carbons (Fsp3) is 0.250. The zero-order valence-electron chi connectivity index (χ0n) is 21.3. The molecule has 0 bridgehead atoms. The lowest BCUT2D eigenvalue weighted by atomic mass is 9.72. The molecule has 0 saturated heterocycles. The van der Waals surface area contributed by atoms with Gasteiger partial charge in [-0.3, -0.25) is 0 Å². The minimum absolute atomic E-state index is 0.200. The zero-order chi connectivity index (χ0) is 27.1. The van der Waals surface area contributed by atoms with Crippen LogP contribution >= 0.6 is 0 Å². The van der Waals surface area contributed by atoms with Gasteiger partial charge in [0.2, 0.25) is 0 Å². The first-order chi connectivity index (χ1) is 18.3. The smallest absolute Gasteiger partial charge is 0.416 e. The van der Waals surface area contributed by atoms with Crippen molar-refractivity contribution in [1.29, 1.82) is 0 Å². The van der Waals surface area contributed by atoms with Gasteiger partial charge in [0, 0.05) is 18.0 Å². The molecule has 0 aliphatic rings. The molecule has 0 heterocycles. The molecule has 0 spiro atoms. The summed E-state index contributed by atoms with van der Waals surface area (Å²) in [7, 11) is 1.60. The van der Waals surface area contributed by atoms with Crippen LogP contribution in [-0.2, 0) is 6.18 Å². The molecule has 4 aromatic carbocycles. The van der Waals surface area contributed by atoms with Gasteiger partial charge in [-0.2, -0.15) is 13.2 Å². The van der Waals surface area contributed by atoms with E-state index in [2.05, 4.69) is 0 Å². The highest BCUT2D eigenvalue weighted by Crippen LogP contribution is 2.45. The van der Waals surface area contributed by atoms with Crippen LogP contribution in [0.5, 0.6) is 5.75 Å². The van der Waals surface area contributed by atoms with Gasteiger partial charge in [0.1, 0.15) is 5.75 Å². The van der Waals surface area contributed by atoms with Gasteiger partial charge in [0.05, 0.1) is 12.7 Å². The third-order valence-corrected chi connectivity index (χ3v) is 7.16. The van der Waals surface area contributed by atoms with Crippen LogP contribution in [0.15, 0.2) is 109 Å². The van der Waals surface area contributed by atoms with Crippen molar-refractivity contribution in [1.82, 2.24) is 0 Å². The molecule has 0 aromatic heterocycles. The summed E-state index contributed by atoms with van der Waals surface area (Å²) in [4.78, 5) is 0. The van der Waals surface area contributed by atoms with Gasteiger partial charge in [0.25, 0.3) is 0 Å². The average molecular weight is 519 g/mol. The van der Waals surface area contributed by atoms with Crippen molar-refractivity contribution in [3.8, 4) is 5.75 Å². The predicted octanol–water partition coefficient (Wildman–Crippen LogP) is 7.76. The number of hydrogen-bond acceptors (Lipinski definition) is 3. The average Bonchev–Trinajstić information content (AvgIpc) is 2.95. The van der Waals surface area contributed by atoms with E-state index in [0.717, 1.165) is 22.8 Å². The predicted molar refractivity (Wildman–Crippen MR) is 146 cm³/mol. The summed E-state index contributed by atoms with van der Waals surface area (Å²) < 4.78 is 46.6. The number of nitrogens with two attached hydrogens (primary N) is 2. The lowest BCUT2D eigenvalue weighted by Crippen LogP contribution is -2.27. The van der Waals surface area contributed by atoms with E-state index < -0.39 is 23.7 Å². The first-order valence-corrected chi connectivity index (χ1v) is 12.7. The van der Waals surface area contributed by atoms with Crippen LogP contribution in [-0.4, -0.2) is 7.11 Å². The van der Waals surface area contributed by atoms with E-state index in [1.54, 1.807) is 13.2 Å². The van der Waals surface area contributed by atoms with Crippen LogP contribution in [0, 0.1) is 0 Å². The maximum absolute atomic E-state index is 13.7. The minimum Gasteiger partial charge on any atom is -0.497 e. The van der Waals surface area contributed by atoms with Crippen molar-refractivity contribution in [2.24, 2.45) is 11.5 Å². The van der Waals surface area contributed by atoms with Gasteiger partial charge in [-0.25, -0.2) is 0 Å². The van der Waals surface area contributed by atoms with Crippen molar-refractivity contribution >= 4 is 0 Å². The summed E-state index contributed by atoms with van der Waals surface area (Å²) >= 11 is 0. The zero-order valence-corrected chi connectivity index (χ0v) is 21.3. The van der Waals surface area contributed by atoms with Crippen LogP contribution in [0.3, 0.4) is 0 Å². The monoisotopic (exact) mass is 518 g/mol. The van der Waals surface area contributed by atoms with Gasteiger partial charge in [-0.05, 0) is 59.2 Å². The molecule has 0 aliphatic heterocycles. The largest absolute Gasteiger partial charge is 0.497 e. The molecule has 0 radical (unpaired) electrons. The molecule has 198 valence electrons. The first kappa shape index (κ1) is 27.4. The molecule has 0 aliphatic carbocycles. The summed E-state index contributed by atoms with van der Waals surface area (Å²) in [5, 5.41) is 0. The van der Waals surface area contributed by atoms with Gasteiger partial charge in [-0.1, -0.05) is 91.0 Å². The van der Waals surface area contributed by atoms with Crippen LogP contribution < -0.4 is 16.2 Å². The fourth-order valence-electron chi connectivity index (χ4n) is 5.13. The molecule has 3 nitrogen and oxygen atoms in total. The number of alkyl halides is 3. The number of hydrogen-bond donors (Lipinski definition) is 2. The van der Waals surface area contributed by atoms with Crippen molar-refractivity contribution in [3.63, 3.8) is 0 Å². The normalized spacial score (nSPS) is 14.9. The standard InChI is InChI=1S/C32H33F3N2O/c1-38-27-17-15-22(16-18-27)28(19-20-29(36)23-9-4-2-5-10-23)30(31(37)24-11-6-3-7-12-24)25-13-8-14-26(21-25)32(33,34)35/h2-18,21,28-31H,19-20,36-37H2,1H3. The number of rotatable bonds is 10. The molecule has 4 N–H and O–H groups in total. The molecule has 38 heavy (non-hydrogen) atoms. The molecule has 4 unspecified atom stereocenters. The van der Waals surface area contributed by atoms with E-state index in [-0.39, 0.29) is 12.0 Å². The van der Waals surface area contributed by atoms with Crippen LogP contribution in [0.25, 0.3) is 0 Å². The fourth-order valence-corrected chi connectivity index (χ4v) is 5.13. The lowest BCUT2D eigenvalue weighted by Gasteiger charge is -2.34. The highest BCUT2D eigenvalue weighted by molar-refractivity contribution is 5.38. The first-order valence-electron chi connectivity index (χ1n) is 12.7. The Morgan fingerprint density at radius 2 is 1.24 bits per heavy atom. The second-order valence-electron chi connectivity index (χ2n) is 9.56. The highest BCUT2D eigenvalue weighted by Gasteiger charge is 2.35. The quantitative estimate of drug-likeness (QED) is 0.226. The van der Waals surface area contributed by atoms with Crippen molar-refractivity contribution in [2.45, 2.75) is 42.9 Å². The molecule has 6 heteroatoms. The number of halogens is 3. The molecule has 0 saturated carbocycles. The van der Waals surface area contributed by atoms with E-state index in [0.29, 0.717) is 24.2 Å². The number of ether oxygens (including phenoxy) is 1. The summed E-state index contributed by atoms with van der Waals surface area (Å²) in [6.45, 7) is 0. The van der Waals surface area contributed by atoms with E-state index >= 15 is 0 Å². The van der Waals surface area contributed by atoms with E-state index in [9.17, 15) is 13.2 Å². The van der Waals surface area contributed by atoms with Crippen LogP contribution in [0.4, 0.5) is 13.2 Å². The second kappa shape index (κ2) is 12.3. The summed E-state index contributed by atoms with van der Waals surface area (Å²) in [5.41, 5.74) is 16.2. The van der Waals surface area contributed by atoms with E-state index in [1.807, 2.05) is 84.9 Å². The molecule has 4 atom stereocenters. The van der Waals surface area contributed by atoms with Crippen LogP contribution in [0.2, 0.25) is 0 Å².